The Bertz CT molecular complexity index is 399. The second-order valence-corrected chi connectivity index (χ2v) is 3.80. The maximum Gasteiger partial charge on any atom is 0.242 e. The van der Waals surface area contributed by atoms with Crippen molar-refractivity contribution >= 4 is 11.6 Å². The highest BCUT2D eigenvalue weighted by Gasteiger charge is 2.22. The molecule has 1 aromatic carbocycles. The van der Waals surface area contributed by atoms with Crippen LogP contribution in [-0.2, 0) is 4.79 Å². The molecule has 1 aliphatic heterocycles. The molecule has 0 radical (unpaired) electrons. The molecule has 4 nitrogen and oxygen atoms in total. The van der Waals surface area contributed by atoms with Gasteiger partial charge in [-0.25, -0.2) is 8.78 Å². The number of hydrogen-bond acceptors (Lipinski definition) is 3. The molecule has 1 fully saturated rings. The largest absolute Gasteiger partial charge is 0.320 e. The molecule has 1 aromatic rings. The number of piperazine rings is 1. The molecule has 2 rings (SSSR count). The van der Waals surface area contributed by atoms with E-state index in [-0.39, 0.29) is 0 Å². The standard InChI is InChI=1S/C11H13F2N3O/c12-7-2-1-3-8(13)10(7)16-11(17)9-6-14-4-5-15-9/h1-3,9,14-15H,4-6H2,(H,16,17). The van der Waals surface area contributed by atoms with E-state index in [1.807, 2.05) is 0 Å². The summed E-state index contributed by atoms with van der Waals surface area (Å²) in [5, 5.41) is 8.24. The third-order valence-corrected chi connectivity index (χ3v) is 2.57. The second-order valence-electron chi connectivity index (χ2n) is 3.80. The van der Waals surface area contributed by atoms with Crippen molar-refractivity contribution < 1.29 is 13.6 Å². The van der Waals surface area contributed by atoms with Crippen molar-refractivity contribution in [1.29, 1.82) is 0 Å². The fourth-order valence-corrected chi connectivity index (χ4v) is 1.67. The Morgan fingerprint density at radius 1 is 1.29 bits per heavy atom. The van der Waals surface area contributed by atoms with Crippen LogP contribution in [0.1, 0.15) is 0 Å². The van der Waals surface area contributed by atoms with E-state index >= 15 is 0 Å². The fourth-order valence-electron chi connectivity index (χ4n) is 1.67. The summed E-state index contributed by atoms with van der Waals surface area (Å²) in [6.07, 6.45) is 0. The highest BCUT2D eigenvalue weighted by molar-refractivity contribution is 5.95. The zero-order valence-electron chi connectivity index (χ0n) is 9.09. The van der Waals surface area contributed by atoms with Crippen molar-refractivity contribution in [2.24, 2.45) is 0 Å². The van der Waals surface area contributed by atoms with Crippen molar-refractivity contribution in [2.45, 2.75) is 6.04 Å². The van der Waals surface area contributed by atoms with Crippen LogP contribution in [0.15, 0.2) is 18.2 Å². The topological polar surface area (TPSA) is 53.2 Å². The van der Waals surface area contributed by atoms with Crippen LogP contribution in [0.5, 0.6) is 0 Å². The lowest BCUT2D eigenvalue weighted by Crippen LogP contribution is -2.54. The zero-order valence-corrected chi connectivity index (χ0v) is 9.09. The molecule has 1 heterocycles. The Morgan fingerprint density at radius 3 is 2.59 bits per heavy atom. The second kappa shape index (κ2) is 5.20. The van der Waals surface area contributed by atoms with Crippen molar-refractivity contribution in [2.75, 3.05) is 25.0 Å². The lowest BCUT2D eigenvalue weighted by molar-refractivity contribution is -0.118. The number of hydrogen-bond donors (Lipinski definition) is 3. The van der Waals surface area contributed by atoms with Crippen molar-refractivity contribution in [3.05, 3.63) is 29.8 Å². The van der Waals surface area contributed by atoms with Gasteiger partial charge in [0.2, 0.25) is 5.91 Å². The number of nitrogens with one attached hydrogen (secondary N) is 3. The number of amides is 1. The SMILES string of the molecule is O=C(Nc1c(F)cccc1F)C1CNCCN1. The van der Waals surface area contributed by atoms with Crippen LogP contribution in [0.3, 0.4) is 0 Å². The third kappa shape index (κ3) is 2.78. The molecule has 0 bridgehead atoms. The van der Waals surface area contributed by atoms with Crippen LogP contribution >= 0.6 is 0 Å². The van der Waals surface area contributed by atoms with Crippen molar-refractivity contribution in [3.63, 3.8) is 0 Å². The van der Waals surface area contributed by atoms with Crippen LogP contribution in [0.25, 0.3) is 0 Å². The lowest BCUT2D eigenvalue weighted by atomic mass is 10.2. The molecule has 1 atom stereocenters. The minimum atomic E-state index is -0.776. The number of benzene rings is 1. The van der Waals surface area contributed by atoms with Gasteiger partial charge in [0.25, 0.3) is 0 Å². The van der Waals surface area contributed by atoms with E-state index in [1.54, 1.807) is 0 Å². The molecule has 3 N–H and O–H groups in total. The first-order valence-corrected chi connectivity index (χ1v) is 5.37. The molecule has 0 aromatic heterocycles. The normalized spacial score (nSPS) is 20.0. The van der Waals surface area contributed by atoms with Gasteiger partial charge in [-0.1, -0.05) is 6.07 Å². The quantitative estimate of drug-likeness (QED) is 0.705. The monoisotopic (exact) mass is 241 g/mol. The summed E-state index contributed by atoms with van der Waals surface area (Å²) < 4.78 is 26.6. The number of anilines is 1. The van der Waals surface area contributed by atoms with Gasteiger partial charge in [0.1, 0.15) is 17.3 Å². The average molecular weight is 241 g/mol. The number of rotatable bonds is 2. The maximum absolute atomic E-state index is 13.3. The van der Waals surface area contributed by atoms with Gasteiger partial charge in [-0.3, -0.25) is 4.79 Å². The molecule has 1 amide bonds. The van der Waals surface area contributed by atoms with Gasteiger partial charge in [-0.05, 0) is 12.1 Å². The van der Waals surface area contributed by atoms with Crippen molar-refractivity contribution in [3.8, 4) is 0 Å². The Hall–Kier alpha value is -1.53. The first kappa shape index (κ1) is 11.9. The van der Waals surface area contributed by atoms with Crippen LogP contribution in [0, 0.1) is 11.6 Å². The average Bonchev–Trinajstić information content (AvgIpc) is 2.35. The third-order valence-electron chi connectivity index (χ3n) is 2.57. The van der Waals surface area contributed by atoms with Gasteiger partial charge in [0, 0.05) is 19.6 Å². The fraction of sp³-hybridized carbons (Fsp3) is 0.364. The summed E-state index contributed by atoms with van der Waals surface area (Å²) in [7, 11) is 0. The minimum absolute atomic E-state index is 0.398. The van der Waals surface area contributed by atoms with Gasteiger partial charge in [-0.2, -0.15) is 0 Å². The van der Waals surface area contributed by atoms with E-state index in [1.165, 1.54) is 6.07 Å². The summed E-state index contributed by atoms with van der Waals surface area (Å²) in [5.41, 5.74) is -0.398. The summed E-state index contributed by atoms with van der Waals surface area (Å²) in [6, 6.07) is 2.99. The molecule has 1 unspecified atom stereocenters. The Kier molecular flexibility index (Phi) is 3.65. The zero-order chi connectivity index (χ0) is 12.3. The van der Waals surface area contributed by atoms with Crippen LogP contribution in [0.2, 0.25) is 0 Å². The van der Waals surface area contributed by atoms with E-state index < -0.39 is 29.3 Å². The van der Waals surface area contributed by atoms with Crippen molar-refractivity contribution in [1.82, 2.24) is 10.6 Å². The van der Waals surface area contributed by atoms with Gasteiger partial charge < -0.3 is 16.0 Å². The van der Waals surface area contributed by atoms with Gasteiger partial charge in [-0.15, -0.1) is 0 Å². The first-order valence-electron chi connectivity index (χ1n) is 5.37. The minimum Gasteiger partial charge on any atom is -0.320 e. The van der Waals surface area contributed by atoms with Gasteiger partial charge in [0.15, 0.2) is 0 Å². The molecule has 0 saturated carbocycles. The van der Waals surface area contributed by atoms with Gasteiger partial charge >= 0.3 is 0 Å². The number of carbonyl (C=O) groups excluding carboxylic acids is 1. The van der Waals surface area contributed by atoms with Gasteiger partial charge in [0.05, 0.1) is 6.04 Å². The Labute approximate surface area is 97.4 Å². The van der Waals surface area contributed by atoms with E-state index in [2.05, 4.69) is 16.0 Å². The molecule has 17 heavy (non-hydrogen) atoms. The highest BCUT2D eigenvalue weighted by Crippen LogP contribution is 2.18. The Morgan fingerprint density at radius 2 is 2.00 bits per heavy atom. The van der Waals surface area contributed by atoms with Crippen LogP contribution in [-0.4, -0.2) is 31.6 Å². The number of carbonyl (C=O) groups is 1. The molecule has 92 valence electrons. The van der Waals surface area contributed by atoms with E-state index in [0.717, 1.165) is 18.7 Å². The summed E-state index contributed by atoms with van der Waals surface area (Å²) in [4.78, 5) is 11.7. The highest BCUT2D eigenvalue weighted by atomic mass is 19.1. The smallest absolute Gasteiger partial charge is 0.242 e. The number of para-hydroxylation sites is 1. The molecular formula is C11H13F2N3O. The molecule has 0 aliphatic carbocycles. The van der Waals surface area contributed by atoms with E-state index in [9.17, 15) is 13.6 Å². The molecule has 1 saturated heterocycles. The summed E-state index contributed by atoms with van der Waals surface area (Å²) >= 11 is 0. The predicted molar refractivity (Wildman–Crippen MR) is 59.6 cm³/mol. The Balaban J connectivity index is 2.07. The summed E-state index contributed by atoms with van der Waals surface area (Å²) in [5.74, 6) is -1.99. The van der Waals surface area contributed by atoms with E-state index in [4.69, 9.17) is 0 Å². The first-order chi connectivity index (χ1) is 8.18. The lowest BCUT2D eigenvalue weighted by Gasteiger charge is -2.23. The molecule has 1 aliphatic rings. The molecular weight excluding hydrogens is 228 g/mol. The predicted octanol–water partition coefficient (Wildman–Crippen LogP) is 0.465. The van der Waals surface area contributed by atoms with E-state index in [0.29, 0.717) is 13.1 Å². The van der Waals surface area contributed by atoms with Crippen LogP contribution in [0.4, 0.5) is 14.5 Å². The maximum atomic E-state index is 13.3. The number of halogens is 2. The summed E-state index contributed by atoms with van der Waals surface area (Å²) in [6.45, 7) is 1.87. The molecule has 6 heteroatoms. The van der Waals surface area contributed by atoms with Crippen LogP contribution < -0.4 is 16.0 Å². The molecule has 0 spiro atoms.